The van der Waals surface area contributed by atoms with Gasteiger partial charge in [-0.3, -0.25) is 10.1 Å². The molecule has 2 rings (SSSR count). The highest BCUT2D eigenvalue weighted by Gasteiger charge is 2.14. The highest BCUT2D eigenvalue weighted by molar-refractivity contribution is 5.93. The lowest BCUT2D eigenvalue weighted by Gasteiger charge is -2.08. The summed E-state index contributed by atoms with van der Waals surface area (Å²) in [6.07, 6.45) is 3.68. The van der Waals surface area contributed by atoms with Gasteiger partial charge < -0.3 is 5.32 Å². The van der Waals surface area contributed by atoms with E-state index in [1.54, 1.807) is 10.8 Å². The summed E-state index contributed by atoms with van der Waals surface area (Å²) in [7, 11) is 0. The van der Waals surface area contributed by atoms with Crippen molar-refractivity contribution in [3.63, 3.8) is 0 Å². The van der Waals surface area contributed by atoms with Gasteiger partial charge in [-0.2, -0.15) is 4.57 Å². The Balaban J connectivity index is 2.02. The standard InChI is InChI=1S/C17H19N3O2/c1-13(2)18-17(22)19-16(21)12-20-10-6-9-15(11-20)14-7-4-3-5-8-14/h3-11,13H,12H2,1-2H3,(H-,18,19,21,22)/p+1. The van der Waals surface area contributed by atoms with E-state index in [9.17, 15) is 9.59 Å². The van der Waals surface area contributed by atoms with Crippen molar-refractivity contribution in [3.05, 3.63) is 54.9 Å². The van der Waals surface area contributed by atoms with Crippen LogP contribution >= 0.6 is 0 Å². The van der Waals surface area contributed by atoms with Crippen LogP contribution in [0, 0.1) is 0 Å². The van der Waals surface area contributed by atoms with Crippen LogP contribution in [-0.2, 0) is 11.3 Å². The summed E-state index contributed by atoms with van der Waals surface area (Å²) in [6.45, 7) is 3.76. The van der Waals surface area contributed by atoms with Gasteiger partial charge in [-0.1, -0.05) is 30.3 Å². The van der Waals surface area contributed by atoms with Crippen molar-refractivity contribution in [2.24, 2.45) is 0 Å². The molecule has 1 heterocycles. The Labute approximate surface area is 130 Å². The molecule has 0 fully saturated rings. The van der Waals surface area contributed by atoms with Crippen molar-refractivity contribution in [1.82, 2.24) is 10.6 Å². The van der Waals surface area contributed by atoms with E-state index in [0.717, 1.165) is 11.1 Å². The molecule has 0 aliphatic rings. The summed E-state index contributed by atoms with van der Waals surface area (Å²) in [4.78, 5) is 23.3. The van der Waals surface area contributed by atoms with Gasteiger partial charge in [0.1, 0.15) is 0 Å². The van der Waals surface area contributed by atoms with E-state index in [2.05, 4.69) is 10.6 Å². The molecule has 0 spiro atoms. The van der Waals surface area contributed by atoms with E-state index in [0.29, 0.717) is 0 Å². The van der Waals surface area contributed by atoms with E-state index in [1.165, 1.54) is 0 Å². The highest BCUT2D eigenvalue weighted by Crippen LogP contribution is 2.15. The number of nitrogens with one attached hydrogen (secondary N) is 2. The topological polar surface area (TPSA) is 62.1 Å². The summed E-state index contributed by atoms with van der Waals surface area (Å²) in [5, 5.41) is 4.93. The second kappa shape index (κ2) is 7.36. The number of hydrogen-bond donors (Lipinski definition) is 2. The quantitative estimate of drug-likeness (QED) is 0.847. The van der Waals surface area contributed by atoms with Gasteiger partial charge in [0.05, 0.1) is 0 Å². The molecule has 0 bridgehead atoms. The Hall–Kier alpha value is -2.69. The molecule has 0 unspecified atom stereocenters. The van der Waals surface area contributed by atoms with Gasteiger partial charge in [0.15, 0.2) is 12.4 Å². The fourth-order valence-corrected chi connectivity index (χ4v) is 2.05. The molecule has 5 heteroatoms. The number of carbonyl (C=O) groups is 2. The van der Waals surface area contributed by atoms with Crippen LogP contribution in [0.2, 0.25) is 0 Å². The molecule has 5 nitrogen and oxygen atoms in total. The molecule has 0 atom stereocenters. The Kier molecular flexibility index (Phi) is 5.25. The van der Waals surface area contributed by atoms with Crippen LogP contribution < -0.4 is 15.2 Å². The van der Waals surface area contributed by atoms with Crippen molar-refractivity contribution in [2.75, 3.05) is 0 Å². The summed E-state index contributed by atoms with van der Waals surface area (Å²) < 4.78 is 1.75. The number of pyridine rings is 1. The second-order valence-corrected chi connectivity index (χ2v) is 5.31. The smallest absolute Gasteiger partial charge is 0.321 e. The number of imide groups is 1. The van der Waals surface area contributed by atoms with Crippen molar-refractivity contribution in [1.29, 1.82) is 0 Å². The average molecular weight is 298 g/mol. The van der Waals surface area contributed by atoms with Crippen molar-refractivity contribution in [2.45, 2.75) is 26.4 Å². The monoisotopic (exact) mass is 298 g/mol. The first-order valence-electron chi connectivity index (χ1n) is 7.19. The fourth-order valence-electron chi connectivity index (χ4n) is 2.05. The highest BCUT2D eigenvalue weighted by atomic mass is 16.2. The molecular formula is C17H20N3O2+. The van der Waals surface area contributed by atoms with Gasteiger partial charge in [0, 0.05) is 17.7 Å². The number of aromatic nitrogens is 1. The van der Waals surface area contributed by atoms with Crippen LogP contribution in [0.15, 0.2) is 54.9 Å². The van der Waals surface area contributed by atoms with E-state index >= 15 is 0 Å². The molecule has 2 aromatic rings. The first-order valence-corrected chi connectivity index (χ1v) is 7.19. The number of hydrogen-bond acceptors (Lipinski definition) is 2. The molecule has 2 N–H and O–H groups in total. The zero-order valence-corrected chi connectivity index (χ0v) is 12.7. The van der Waals surface area contributed by atoms with Gasteiger partial charge in [0.25, 0.3) is 5.91 Å². The van der Waals surface area contributed by atoms with E-state index in [-0.39, 0.29) is 18.5 Å². The Bertz CT molecular complexity index is 654. The third-order valence-corrected chi connectivity index (χ3v) is 2.96. The molecule has 0 radical (unpaired) electrons. The van der Waals surface area contributed by atoms with Crippen LogP contribution in [0.25, 0.3) is 11.1 Å². The van der Waals surface area contributed by atoms with Crippen LogP contribution in [0.3, 0.4) is 0 Å². The van der Waals surface area contributed by atoms with Gasteiger partial charge in [-0.25, -0.2) is 4.79 Å². The minimum absolute atomic E-state index is 0.0122. The first-order chi connectivity index (χ1) is 10.5. The average Bonchev–Trinajstić information content (AvgIpc) is 2.47. The van der Waals surface area contributed by atoms with Gasteiger partial charge in [-0.15, -0.1) is 0 Å². The molecule has 1 aromatic heterocycles. The molecule has 0 saturated carbocycles. The van der Waals surface area contributed by atoms with E-state index < -0.39 is 6.03 Å². The minimum Gasteiger partial charge on any atom is -0.336 e. The Morgan fingerprint density at radius 1 is 1.05 bits per heavy atom. The van der Waals surface area contributed by atoms with Gasteiger partial charge in [-0.05, 0) is 25.5 Å². The molecule has 0 aliphatic carbocycles. The number of urea groups is 1. The fraction of sp³-hybridized carbons (Fsp3) is 0.235. The maximum atomic E-state index is 11.9. The second-order valence-electron chi connectivity index (χ2n) is 5.31. The number of carbonyl (C=O) groups excluding carboxylic acids is 2. The molecule has 1 aromatic carbocycles. The van der Waals surface area contributed by atoms with Crippen molar-refractivity contribution >= 4 is 11.9 Å². The lowest BCUT2D eigenvalue weighted by atomic mass is 10.1. The lowest BCUT2D eigenvalue weighted by molar-refractivity contribution is -0.683. The number of amides is 3. The molecule has 0 aliphatic heterocycles. The van der Waals surface area contributed by atoms with E-state index in [1.807, 2.05) is 62.5 Å². The zero-order chi connectivity index (χ0) is 15.9. The molecule has 0 saturated heterocycles. The molecule has 22 heavy (non-hydrogen) atoms. The number of rotatable bonds is 4. The van der Waals surface area contributed by atoms with Crippen LogP contribution in [0.5, 0.6) is 0 Å². The third-order valence-electron chi connectivity index (χ3n) is 2.96. The number of nitrogens with zero attached hydrogens (tertiary/aromatic N) is 1. The van der Waals surface area contributed by atoms with Crippen LogP contribution in [-0.4, -0.2) is 18.0 Å². The maximum Gasteiger partial charge on any atom is 0.321 e. The molecule has 3 amide bonds. The Morgan fingerprint density at radius 3 is 2.41 bits per heavy atom. The van der Waals surface area contributed by atoms with Crippen LogP contribution in [0.1, 0.15) is 13.8 Å². The largest absolute Gasteiger partial charge is 0.336 e. The molecular weight excluding hydrogens is 278 g/mol. The summed E-state index contributed by atoms with van der Waals surface area (Å²) in [5.74, 6) is -0.353. The lowest BCUT2D eigenvalue weighted by Crippen LogP contribution is -2.48. The first kappa shape index (κ1) is 15.7. The van der Waals surface area contributed by atoms with E-state index in [4.69, 9.17) is 0 Å². The normalized spacial score (nSPS) is 10.3. The summed E-state index contributed by atoms with van der Waals surface area (Å²) in [5.41, 5.74) is 2.09. The maximum absolute atomic E-state index is 11.9. The van der Waals surface area contributed by atoms with Crippen molar-refractivity contribution in [3.8, 4) is 11.1 Å². The number of benzene rings is 1. The van der Waals surface area contributed by atoms with Crippen LogP contribution in [0.4, 0.5) is 4.79 Å². The Morgan fingerprint density at radius 2 is 1.73 bits per heavy atom. The predicted molar refractivity (Wildman–Crippen MR) is 83.9 cm³/mol. The minimum atomic E-state index is -0.472. The predicted octanol–water partition coefficient (Wildman–Crippen LogP) is 1.88. The van der Waals surface area contributed by atoms with Gasteiger partial charge in [0.2, 0.25) is 6.54 Å². The molecule has 114 valence electrons. The third kappa shape index (κ3) is 4.70. The summed E-state index contributed by atoms with van der Waals surface area (Å²) in [6, 6.07) is 13.3. The SMILES string of the molecule is CC(C)NC(=O)NC(=O)C[n+]1cccc(-c2ccccc2)c1. The van der Waals surface area contributed by atoms with Gasteiger partial charge >= 0.3 is 6.03 Å². The van der Waals surface area contributed by atoms with Crippen molar-refractivity contribution < 1.29 is 14.2 Å². The zero-order valence-electron chi connectivity index (χ0n) is 12.7. The summed E-state index contributed by atoms with van der Waals surface area (Å²) >= 11 is 0.